The first-order valence-electron chi connectivity index (χ1n) is 10.1. The predicted octanol–water partition coefficient (Wildman–Crippen LogP) is 4.50. The molecule has 0 fully saturated rings. The molecule has 4 rings (SSSR count). The van der Waals surface area contributed by atoms with E-state index in [1.807, 2.05) is 45.9 Å². The van der Waals surface area contributed by atoms with Crippen molar-refractivity contribution in [2.45, 2.75) is 40.0 Å². The number of amides is 1. The molecule has 30 heavy (non-hydrogen) atoms. The maximum atomic E-state index is 13.3. The number of aromatic nitrogens is 2. The molecular formula is C24H25N3O3. The average Bonchev–Trinajstić information content (AvgIpc) is 3.06. The second-order valence-corrected chi connectivity index (χ2v) is 7.61. The Bertz CT molecular complexity index is 1130. The van der Waals surface area contributed by atoms with E-state index in [1.165, 1.54) is 0 Å². The lowest BCUT2D eigenvalue weighted by molar-refractivity contribution is -0.116. The fourth-order valence-electron chi connectivity index (χ4n) is 3.99. The van der Waals surface area contributed by atoms with Gasteiger partial charge in [-0.25, -0.2) is 4.68 Å². The number of carbonyl (C=O) groups is 2. The second-order valence-electron chi connectivity index (χ2n) is 7.61. The molecule has 1 unspecified atom stereocenters. The van der Waals surface area contributed by atoms with E-state index in [1.54, 1.807) is 28.9 Å². The Morgan fingerprint density at radius 2 is 1.90 bits per heavy atom. The predicted molar refractivity (Wildman–Crippen MR) is 116 cm³/mol. The highest BCUT2D eigenvalue weighted by Crippen LogP contribution is 2.39. The van der Waals surface area contributed by atoms with Gasteiger partial charge < -0.3 is 10.1 Å². The summed E-state index contributed by atoms with van der Waals surface area (Å²) in [6.45, 7) is 8.43. The van der Waals surface area contributed by atoms with Gasteiger partial charge in [-0.1, -0.05) is 12.1 Å². The van der Waals surface area contributed by atoms with Gasteiger partial charge in [0.05, 0.1) is 23.9 Å². The van der Waals surface area contributed by atoms with Gasteiger partial charge in [-0.05, 0) is 69.2 Å². The van der Waals surface area contributed by atoms with Crippen LogP contribution in [0.4, 0.5) is 5.82 Å². The average molecular weight is 403 g/mol. The number of anilines is 1. The lowest BCUT2D eigenvalue weighted by atomic mass is 9.85. The number of nitrogens with one attached hydrogen (secondary N) is 1. The molecule has 1 N–H and O–H groups in total. The summed E-state index contributed by atoms with van der Waals surface area (Å²) < 4.78 is 7.22. The number of benzene rings is 2. The number of Topliss-reactive ketones (excluding diaryl/α,β-unsaturated/α-hetero) is 1. The van der Waals surface area contributed by atoms with Crippen molar-refractivity contribution in [2.75, 3.05) is 11.9 Å². The first kappa shape index (κ1) is 19.9. The topological polar surface area (TPSA) is 73.2 Å². The van der Waals surface area contributed by atoms with Crippen LogP contribution in [-0.2, 0) is 4.79 Å². The van der Waals surface area contributed by atoms with Crippen LogP contribution in [0.5, 0.6) is 5.75 Å². The van der Waals surface area contributed by atoms with E-state index in [0.717, 1.165) is 33.8 Å². The molecular weight excluding hydrogens is 378 g/mol. The summed E-state index contributed by atoms with van der Waals surface area (Å²) in [6, 6.07) is 13.1. The molecule has 0 radical (unpaired) electrons. The minimum atomic E-state index is -0.564. The lowest BCUT2D eigenvalue weighted by Crippen LogP contribution is -2.28. The molecule has 1 amide bonds. The van der Waals surface area contributed by atoms with Gasteiger partial charge in [0.1, 0.15) is 11.6 Å². The number of fused-ring (bicyclic) bond motifs is 1. The highest BCUT2D eigenvalue weighted by Gasteiger charge is 2.36. The van der Waals surface area contributed by atoms with Crippen molar-refractivity contribution < 1.29 is 14.3 Å². The van der Waals surface area contributed by atoms with E-state index >= 15 is 0 Å². The Morgan fingerprint density at radius 3 is 2.60 bits per heavy atom. The van der Waals surface area contributed by atoms with Crippen LogP contribution in [-0.4, -0.2) is 28.1 Å². The first-order chi connectivity index (χ1) is 14.4. The molecule has 2 heterocycles. The van der Waals surface area contributed by atoms with Gasteiger partial charge in [-0.3, -0.25) is 9.59 Å². The number of aryl methyl sites for hydroxylation is 2. The quantitative estimate of drug-likeness (QED) is 0.637. The van der Waals surface area contributed by atoms with Gasteiger partial charge in [-0.2, -0.15) is 5.10 Å². The molecule has 0 aliphatic carbocycles. The summed E-state index contributed by atoms with van der Waals surface area (Å²) in [5.74, 6) is 0.471. The number of nitrogens with zero attached hydrogens (tertiary/aromatic N) is 2. The summed E-state index contributed by atoms with van der Waals surface area (Å²) >= 11 is 0. The fourth-order valence-corrected chi connectivity index (χ4v) is 3.99. The molecule has 3 aromatic rings. The number of carbonyl (C=O) groups excluding carboxylic acids is 2. The zero-order chi connectivity index (χ0) is 21.4. The smallest absolute Gasteiger partial charge is 0.226 e. The van der Waals surface area contributed by atoms with Crippen LogP contribution in [0.2, 0.25) is 0 Å². The Labute approximate surface area is 175 Å². The van der Waals surface area contributed by atoms with E-state index < -0.39 is 5.92 Å². The normalized spacial score (nSPS) is 15.5. The first-order valence-corrected chi connectivity index (χ1v) is 10.1. The highest BCUT2D eigenvalue weighted by molar-refractivity contribution is 6.08. The fraction of sp³-hybridized carbons (Fsp3) is 0.292. The highest BCUT2D eigenvalue weighted by atomic mass is 16.5. The number of rotatable bonds is 5. The maximum absolute atomic E-state index is 13.3. The molecule has 6 nitrogen and oxygen atoms in total. The SMILES string of the molecule is CCOc1ccc(C(=O)C2CC(=O)Nc3c2c(C)nn3-c2cccc(C)c2C)cc1. The van der Waals surface area contributed by atoms with Crippen LogP contribution in [0.3, 0.4) is 0 Å². The largest absolute Gasteiger partial charge is 0.494 e. The third-order valence-electron chi connectivity index (χ3n) is 5.67. The van der Waals surface area contributed by atoms with Crippen LogP contribution >= 0.6 is 0 Å². The van der Waals surface area contributed by atoms with Gasteiger partial charge in [0.25, 0.3) is 0 Å². The molecule has 6 heteroatoms. The van der Waals surface area contributed by atoms with Gasteiger partial charge in [0.2, 0.25) is 5.91 Å². The molecule has 1 aromatic heterocycles. The summed E-state index contributed by atoms with van der Waals surface area (Å²) in [6.07, 6.45) is 0.110. The van der Waals surface area contributed by atoms with Gasteiger partial charge in [0.15, 0.2) is 5.78 Å². The number of hydrogen-bond acceptors (Lipinski definition) is 4. The number of ketones is 1. The minimum absolute atomic E-state index is 0.0854. The zero-order valence-electron chi connectivity index (χ0n) is 17.7. The maximum Gasteiger partial charge on any atom is 0.226 e. The van der Waals surface area contributed by atoms with Crippen molar-refractivity contribution in [2.24, 2.45) is 0 Å². The summed E-state index contributed by atoms with van der Waals surface area (Å²) in [4.78, 5) is 25.9. The molecule has 0 spiro atoms. The van der Waals surface area contributed by atoms with E-state index in [-0.39, 0.29) is 18.1 Å². The van der Waals surface area contributed by atoms with Crippen molar-refractivity contribution in [1.29, 1.82) is 0 Å². The minimum Gasteiger partial charge on any atom is -0.494 e. The Balaban J connectivity index is 1.77. The van der Waals surface area contributed by atoms with Crippen molar-refractivity contribution in [3.05, 3.63) is 70.4 Å². The summed E-state index contributed by atoms with van der Waals surface area (Å²) in [5.41, 5.74) is 5.21. The van der Waals surface area contributed by atoms with E-state index in [9.17, 15) is 9.59 Å². The van der Waals surface area contributed by atoms with Gasteiger partial charge in [0, 0.05) is 17.5 Å². The second kappa shape index (κ2) is 7.78. The Hall–Kier alpha value is -3.41. The van der Waals surface area contributed by atoms with E-state index in [4.69, 9.17) is 9.84 Å². The molecule has 1 aliphatic heterocycles. The Kier molecular flexibility index (Phi) is 5.16. The van der Waals surface area contributed by atoms with Crippen LogP contribution < -0.4 is 10.1 Å². The molecule has 0 saturated heterocycles. The van der Waals surface area contributed by atoms with Gasteiger partial charge >= 0.3 is 0 Å². The monoisotopic (exact) mass is 403 g/mol. The molecule has 1 aliphatic rings. The van der Waals surface area contributed by atoms with Crippen molar-refractivity contribution in [3.63, 3.8) is 0 Å². The molecule has 0 saturated carbocycles. The van der Waals surface area contributed by atoms with Crippen LogP contribution in [0.15, 0.2) is 42.5 Å². The number of hydrogen-bond donors (Lipinski definition) is 1. The van der Waals surface area contributed by atoms with Crippen LogP contribution in [0.25, 0.3) is 5.69 Å². The molecule has 2 aromatic carbocycles. The third kappa shape index (κ3) is 3.38. The molecule has 0 bridgehead atoms. The molecule has 1 atom stereocenters. The standard InChI is InChI=1S/C24H25N3O3/c1-5-30-18-11-9-17(10-12-18)23(29)19-13-21(28)25-24-22(19)16(4)26-27(24)20-8-6-7-14(2)15(20)3/h6-12,19H,5,13H2,1-4H3,(H,25,28). The third-order valence-corrected chi connectivity index (χ3v) is 5.67. The van der Waals surface area contributed by atoms with Gasteiger partial charge in [-0.15, -0.1) is 0 Å². The van der Waals surface area contributed by atoms with E-state index in [0.29, 0.717) is 18.0 Å². The lowest BCUT2D eigenvalue weighted by Gasteiger charge is -2.23. The van der Waals surface area contributed by atoms with Crippen molar-refractivity contribution >= 4 is 17.5 Å². The van der Waals surface area contributed by atoms with Crippen LogP contribution in [0, 0.1) is 20.8 Å². The van der Waals surface area contributed by atoms with E-state index in [2.05, 4.69) is 5.32 Å². The van der Waals surface area contributed by atoms with Crippen LogP contribution in [0.1, 0.15) is 52.0 Å². The summed E-state index contributed by atoms with van der Waals surface area (Å²) in [5, 5.41) is 7.64. The van der Waals surface area contributed by atoms with Crippen molar-refractivity contribution in [3.8, 4) is 11.4 Å². The summed E-state index contributed by atoms with van der Waals surface area (Å²) in [7, 11) is 0. The number of ether oxygens (including phenoxy) is 1. The Morgan fingerprint density at radius 1 is 1.17 bits per heavy atom. The van der Waals surface area contributed by atoms with Crippen molar-refractivity contribution in [1.82, 2.24) is 9.78 Å². The molecule has 154 valence electrons. The zero-order valence-corrected chi connectivity index (χ0v) is 17.7.